The van der Waals surface area contributed by atoms with E-state index in [1.54, 1.807) is 28.8 Å². The number of thioether (sulfide) groups is 1. The molecule has 0 unspecified atom stereocenters. The fraction of sp³-hybridized carbons (Fsp3) is 0.167. The van der Waals surface area contributed by atoms with Crippen LogP contribution in [0, 0.1) is 5.82 Å². The van der Waals surface area contributed by atoms with Crippen LogP contribution in [0.15, 0.2) is 60.7 Å². The van der Waals surface area contributed by atoms with Gasteiger partial charge in [-0.15, -0.1) is 11.8 Å². The normalized spacial score (nSPS) is 18.0. The smallest absolute Gasteiger partial charge is 0.247 e. The first-order valence-electron chi connectivity index (χ1n) is 7.15. The highest BCUT2D eigenvalue weighted by molar-refractivity contribution is 7.99. The van der Waals surface area contributed by atoms with Crippen LogP contribution in [0.1, 0.15) is 16.5 Å². The molecule has 2 aromatic rings. The molecule has 0 N–H and O–H groups in total. The monoisotopic (exact) mass is 313 g/mol. The molecule has 112 valence electrons. The molecule has 1 heterocycles. The van der Waals surface area contributed by atoms with Crippen LogP contribution in [0.25, 0.3) is 6.08 Å². The molecule has 0 saturated carbocycles. The maximum Gasteiger partial charge on any atom is 0.247 e. The van der Waals surface area contributed by atoms with Crippen LogP contribution in [0.4, 0.5) is 4.39 Å². The van der Waals surface area contributed by atoms with E-state index in [4.69, 9.17) is 0 Å². The summed E-state index contributed by atoms with van der Waals surface area (Å²) in [5.74, 6) is 0.562. The molecule has 0 radical (unpaired) electrons. The Kier molecular flexibility index (Phi) is 4.59. The number of benzene rings is 2. The summed E-state index contributed by atoms with van der Waals surface area (Å²) in [4.78, 5) is 14.2. The van der Waals surface area contributed by atoms with Crippen LogP contribution in [-0.4, -0.2) is 23.1 Å². The number of rotatable bonds is 3. The van der Waals surface area contributed by atoms with Gasteiger partial charge in [-0.25, -0.2) is 4.39 Å². The molecular weight excluding hydrogens is 297 g/mol. The van der Waals surface area contributed by atoms with E-state index in [9.17, 15) is 9.18 Å². The molecule has 0 spiro atoms. The molecule has 2 nitrogen and oxygen atoms in total. The van der Waals surface area contributed by atoms with Gasteiger partial charge in [-0.05, 0) is 29.3 Å². The number of hydrogen-bond donors (Lipinski definition) is 0. The number of carbonyl (C=O) groups excluding carboxylic acids is 1. The minimum atomic E-state index is -0.266. The molecule has 1 aliphatic rings. The lowest BCUT2D eigenvalue weighted by Gasteiger charge is -2.22. The predicted octanol–water partition coefficient (Wildman–Crippen LogP) is 4.11. The van der Waals surface area contributed by atoms with Crippen LogP contribution < -0.4 is 0 Å². The van der Waals surface area contributed by atoms with Gasteiger partial charge in [0.15, 0.2) is 0 Å². The zero-order valence-electron chi connectivity index (χ0n) is 12.0. The standard InChI is InChI=1S/C18H16FNOS/c19-16-8-4-7-15(13-16)18-20(11-12-22-18)17(21)10-9-14-5-2-1-3-6-14/h1-10,13,18H,11-12H2/b10-9+/t18-/m1/s1. The zero-order valence-corrected chi connectivity index (χ0v) is 12.8. The molecule has 0 aromatic heterocycles. The molecule has 2 aromatic carbocycles. The second-order valence-corrected chi connectivity index (χ2v) is 6.24. The molecule has 1 aliphatic heterocycles. The van der Waals surface area contributed by atoms with Crippen LogP contribution in [0.5, 0.6) is 0 Å². The minimum absolute atomic E-state index is 0.0388. The van der Waals surface area contributed by atoms with E-state index < -0.39 is 0 Å². The maximum absolute atomic E-state index is 13.4. The molecule has 22 heavy (non-hydrogen) atoms. The van der Waals surface area contributed by atoms with Crippen molar-refractivity contribution < 1.29 is 9.18 Å². The lowest BCUT2D eigenvalue weighted by atomic mass is 10.2. The Morgan fingerprint density at radius 1 is 1.18 bits per heavy atom. The van der Waals surface area contributed by atoms with Gasteiger partial charge in [-0.2, -0.15) is 0 Å². The van der Waals surface area contributed by atoms with E-state index in [1.165, 1.54) is 12.1 Å². The van der Waals surface area contributed by atoms with Gasteiger partial charge in [0, 0.05) is 18.4 Å². The summed E-state index contributed by atoms with van der Waals surface area (Å²) in [6.07, 6.45) is 3.40. The van der Waals surface area contributed by atoms with E-state index in [2.05, 4.69) is 0 Å². The Balaban J connectivity index is 1.75. The molecular formula is C18H16FNOS. The second-order valence-electron chi connectivity index (χ2n) is 5.05. The van der Waals surface area contributed by atoms with Crippen molar-refractivity contribution in [1.82, 2.24) is 4.90 Å². The maximum atomic E-state index is 13.4. The lowest BCUT2D eigenvalue weighted by Crippen LogP contribution is -2.28. The van der Waals surface area contributed by atoms with E-state index in [0.717, 1.165) is 16.9 Å². The highest BCUT2D eigenvalue weighted by Crippen LogP contribution is 2.38. The summed E-state index contributed by atoms with van der Waals surface area (Å²) >= 11 is 1.67. The summed E-state index contributed by atoms with van der Waals surface area (Å²) in [6.45, 7) is 0.684. The van der Waals surface area contributed by atoms with Crippen molar-refractivity contribution in [2.24, 2.45) is 0 Å². The SMILES string of the molecule is O=C(/C=C/c1ccccc1)N1CCS[C@@H]1c1cccc(F)c1. The summed E-state index contributed by atoms with van der Waals surface area (Å²) < 4.78 is 13.4. The number of carbonyl (C=O) groups is 1. The van der Waals surface area contributed by atoms with E-state index >= 15 is 0 Å². The van der Waals surface area contributed by atoms with Crippen LogP contribution in [-0.2, 0) is 4.79 Å². The summed E-state index contributed by atoms with van der Waals surface area (Å²) in [6, 6.07) is 16.2. The van der Waals surface area contributed by atoms with Crippen LogP contribution in [0.2, 0.25) is 0 Å². The largest absolute Gasteiger partial charge is 0.322 e. The molecule has 3 rings (SSSR count). The van der Waals surface area contributed by atoms with Gasteiger partial charge in [-0.1, -0.05) is 42.5 Å². The molecule has 4 heteroatoms. The van der Waals surface area contributed by atoms with Gasteiger partial charge in [0.2, 0.25) is 5.91 Å². The summed E-state index contributed by atoms with van der Waals surface area (Å²) in [5.41, 5.74) is 1.83. The van der Waals surface area contributed by atoms with Gasteiger partial charge in [0.1, 0.15) is 11.2 Å². The molecule has 1 saturated heterocycles. The number of halogens is 1. The molecule has 1 atom stereocenters. The van der Waals surface area contributed by atoms with Crippen LogP contribution in [0.3, 0.4) is 0 Å². The topological polar surface area (TPSA) is 20.3 Å². The van der Waals surface area contributed by atoms with E-state index in [-0.39, 0.29) is 17.1 Å². The van der Waals surface area contributed by atoms with Crippen molar-refractivity contribution >= 4 is 23.7 Å². The second kappa shape index (κ2) is 6.79. The highest BCUT2D eigenvalue weighted by atomic mass is 32.2. The van der Waals surface area contributed by atoms with Crippen molar-refractivity contribution in [1.29, 1.82) is 0 Å². The predicted molar refractivity (Wildman–Crippen MR) is 88.8 cm³/mol. The first kappa shape index (κ1) is 14.9. The van der Waals surface area contributed by atoms with Gasteiger partial charge in [0.25, 0.3) is 0 Å². The summed E-state index contributed by atoms with van der Waals surface area (Å²) in [7, 11) is 0. The minimum Gasteiger partial charge on any atom is -0.322 e. The highest BCUT2D eigenvalue weighted by Gasteiger charge is 2.29. The Morgan fingerprint density at radius 2 is 2.00 bits per heavy atom. The number of amides is 1. The zero-order chi connectivity index (χ0) is 15.4. The van der Waals surface area contributed by atoms with Gasteiger partial charge in [0.05, 0.1) is 0 Å². The van der Waals surface area contributed by atoms with Crippen molar-refractivity contribution in [3.05, 3.63) is 77.6 Å². The Labute approximate surface area is 133 Å². The third kappa shape index (κ3) is 3.39. The van der Waals surface area contributed by atoms with Crippen molar-refractivity contribution in [3.63, 3.8) is 0 Å². The fourth-order valence-corrected chi connectivity index (χ4v) is 3.71. The van der Waals surface area contributed by atoms with Crippen molar-refractivity contribution in [2.45, 2.75) is 5.37 Å². The third-order valence-electron chi connectivity index (χ3n) is 3.53. The Morgan fingerprint density at radius 3 is 2.77 bits per heavy atom. The van der Waals surface area contributed by atoms with Crippen molar-refractivity contribution in [3.8, 4) is 0 Å². The van der Waals surface area contributed by atoms with Gasteiger partial charge < -0.3 is 4.90 Å². The van der Waals surface area contributed by atoms with E-state index in [1.807, 2.05) is 42.5 Å². The Hall–Kier alpha value is -2.07. The number of nitrogens with zero attached hydrogens (tertiary/aromatic N) is 1. The average molecular weight is 313 g/mol. The average Bonchev–Trinajstić information content (AvgIpc) is 3.03. The van der Waals surface area contributed by atoms with Gasteiger partial charge >= 0.3 is 0 Å². The molecule has 0 bridgehead atoms. The molecule has 0 aliphatic carbocycles. The first-order valence-corrected chi connectivity index (χ1v) is 8.20. The summed E-state index contributed by atoms with van der Waals surface area (Å²) in [5, 5.41) is -0.108. The lowest BCUT2D eigenvalue weighted by molar-refractivity contribution is -0.126. The quantitative estimate of drug-likeness (QED) is 0.795. The van der Waals surface area contributed by atoms with Crippen molar-refractivity contribution in [2.75, 3.05) is 12.3 Å². The van der Waals surface area contributed by atoms with Crippen LogP contribution >= 0.6 is 11.8 Å². The molecule has 1 fully saturated rings. The van der Waals surface area contributed by atoms with Gasteiger partial charge in [-0.3, -0.25) is 4.79 Å². The fourth-order valence-electron chi connectivity index (χ4n) is 2.46. The number of hydrogen-bond acceptors (Lipinski definition) is 2. The Bertz CT molecular complexity index is 686. The first-order chi connectivity index (χ1) is 10.7. The molecule has 1 amide bonds. The third-order valence-corrected chi connectivity index (χ3v) is 4.79. The van der Waals surface area contributed by atoms with E-state index in [0.29, 0.717) is 6.54 Å².